The number of unbranched alkanes of at least 4 members (excludes halogenated alkanes) is 28. The number of phosphoric acid groups is 1. The summed E-state index contributed by atoms with van der Waals surface area (Å²) in [5, 5.41) is 14.1. The van der Waals surface area contributed by atoms with Gasteiger partial charge in [0.15, 0.2) is 0 Å². The maximum absolute atomic E-state index is 13.0. The number of allylic oxidation sites excluding steroid dienone is 14. The Morgan fingerprint density at radius 1 is 0.479 bits per heavy atom. The third kappa shape index (κ3) is 57.2. The van der Waals surface area contributed by atoms with Crippen LogP contribution in [0.3, 0.4) is 0 Å². The molecular weight excluding hydrogens is 924 g/mol. The van der Waals surface area contributed by atoms with E-state index in [2.05, 4.69) is 104 Å². The predicted octanol–water partition coefficient (Wildman–Crippen LogP) is 18.8. The van der Waals surface area contributed by atoms with Gasteiger partial charge in [-0.05, 0) is 70.6 Å². The van der Waals surface area contributed by atoms with Gasteiger partial charge in [0.2, 0.25) is 5.91 Å². The number of nitrogens with zero attached hydrogens (tertiary/aromatic N) is 1. The molecule has 0 rings (SSSR count). The summed E-state index contributed by atoms with van der Waals surface area (Å²) in [6, 6.07) is -0.774. The predicted molar refractivity (Wildman–Crippen MR) is 318 cm³/mol. The highest BCUT2D eigenvalue weighted by molar-refractivity contribution is 7.47. The molecule has 73 heavy (non-hydrogen) atoms. The van der Waals surface area contributed by atoms with Gasteiger partial charge in [0.25, 0.3) is 0 Å². The van der Waals surface area contributed by atoms with E-state index in [9.17, 15) is 19.4 Å². The molecule has 3 N–H and O–H groups in total. The summed E-state index contributed by atoms with van der Waals surface area (Å²) in [4.78, 5) is 23.4. The molecule has 9 heteroatoms. The van der Waals surface area contributed by atoms with Gasteiger partial charge in [-0.3, -0.25) is 13.8 Å². The summed E-state index contributed by atoms with van der Waals surface area (Å²) in [5.41, 5.74) is 0. The quantitative estimate of drug-likeness (QED) is 0.0243. The van der Waals surface area contributed by atoms with E-state index >= 15 is 0 Å². The number of rotatable bonds is 55. The second-order valence-corrected chi connectivity index (χ2v) is 23.2. The molecule has 1 amide bonds. The second kappa shape index (κ2) is 54.5. The molecule has 0 fully saturated rings. The lowest BCUT2D eigenvalue weighted by molar-refractivity contribution is -0.870. The van der Waals surface area contributed by atoms with Crippen LogP contribution in [0.5, 0.6) is 0 Å². The lowest BCUT2D eigenvalue weighted by Gasteiger charge is -2.26. The van der Waals surface area contributed by atoms with Crippen LogP contribution < -0.4 is 5.32 Å². The topological polar surface area (TPSA) is 105 Å². The second-order valence-electron chi connectivity index (χ2n) is 21.7. The molecule has 0 saturated heterocycles. The minimum atomic E-state index is -4.33. The van der Waals surface area contributed by atoms with E-state index in [0.717, 1.165) is 89.9 Å². The zero-order chi connectivity index (χ0) is 53.5. The van der Waals surface area contributed by atoms with Crippen molar-refractivity contribution in [3.63, 3.8) is 0 Å². The molecule has 424 valence electrons. The molecule has 3 unspecified atom stereocenters. The van der Waals surface area contributed by atoms with Crippen LogP contribution in [0.1, 0.15) is 264 Å². The van der Waals surface area contributed by atoms with E-state index in [1.54, 1.807) is 0 Å². The van der Waals surface area contributed by atoms with Crippen LogP contribution in [0.4, 0.5) is 0 Å². The van der Waals surface area contributed by atoms with Gasteiger partial charge >= 0.3 is 7.82 Å². The number of hydrogen-bond donors (Lipinski definition) is 3. The van der Waals surface area contributed by atoms with E-state index in [0.29, 0.717) is 23.9 Å². The highest BCUT2D eigenvalue weighted by Gasteiger charge is 2.28. The van der Waals surface area contributed by atoms with Crippen molar-refractivity contribution in [3.8, 4) is 0 Å². The van der Waals surface area contributed by atoms with E-state index in [4.69, 9.17) is 9.05 Å². The molecule has 0 aliphatic carbocycles. The first-order valence-electron chi connectivity index (χ1n) is 30.5. The van der Waals surface area contributed by atoms with Crippen LogP contribution in [0, 0.1) is 0 Å². The van der Waals surface area contributed by atoms with Crippen molar-refractivity contribution in [2.45, 2.75) is 276 Å². The van der Waals surface area contributed by atoms with Crippen LogP contribution in [0.25, 0.3) is 0 Å². The summed E-state index contributed by atoms with van der Waals surface area (Å²) in [7, 11) is 1.60. The zero-order valence-corrected chi connectivity index (χ0v) is 49.3. The number of amides is 1. The Bertz CT molecular complexity index is 1460. The molecule has 0 aromatic heterocycles. The van der Waals surface area contributed by atoms with Gasteiger partial charge in [-0.25, -0.2) is 4.57 Å². The highest BCUT2D eigenvalue weighted by atomic mass is 31.2. The number of nitrogens with one attached hydrogen (secondary N) is 1. The Morgan fingerprint density at radius 2 is 0.822 bits per heavy atom. The lowest BCUT2D eigenvalue weighted by Crippen LogP contribution is -2.46. The molecule has 0 aliphatic rings. The average Bonchev–Trinajstić information content (AvgIpc) is 3.35. The van der Waals surface area contributed by atoms with Crippen molar-refractivity contribution in [2.75, 3.05) is 40.9 Å². The number of hydrogen-bond acceptors (Lipinski definition) is 5. The van der Waals surface area contributed by atoms with Crippen LogP contribution in [0.15, 0.2) is 85.1 Å². The van der Waals surface area contributed by atoms with Gasteiger partial charge in [-0.2, -0.15) is 0 Å². The standard InChI is InChI=1S/C64H117N2O6P/c1-6-8-10-12-14-16-18-20-22-24-26-28-30-31-32-33-34-35-36-38-40-42-44-46-48-50-52-54-56-58-64(68)65-62(61-72-73(69,70)71-60-59-66(3,4)5)63(67)57-55-53-51-49-47-45-43-41-39-37-29-27-25-23-21-19-17-15-13-11-9-7-2/h8,10,14,16,20,22,26,28,31-32,34-35,38,40,62-63,67H,6-7,9,11-13,15,17-19,21,23-25,27,29-30,33,36-37,39,41-61H2,1-5H3,(H-,65,68,69,70)/p+1/b10-8-,16-14-,22-20-,28-26-,32-31-,35-34-,40-38-. The van der Waals surface area contributed by atoms with Crippen molar-refractivity contribution in [2.24, 2.45) is 0 Å². The molecule has 8 nitrogen and oxygen atoms in total. The number of carbonyl (C=O) groups is 1. The Kier molecular flexibility index (Phi) is 52.7. The van der Waals surface area contributed by atoms with Gasteiger partial charge in [0.1, 0.15) is 13.2 Å². The molecule has 0 aliphatic heterocycles. The van der Waals surface area contributed by atoms with Gasteiger partial charge in [-0.15, -0.1) is 0 Å². The first-order chi connectivity index (χ1) is 35.5. The van der Waals surface area contributed by atoms with E-state index in [1.165, 1.54) is 148 Å². The number of aliphatic hydroxyl groups is 1. The maximum atomic E-state index is 13.0. The van der Waals surface area contributed by atoms with Crippen LogP contribution in [-0.4, -0.2) is 73.4 Å². The van der Waals surface area contributed by atoms with Crippen LogP contribution in [0.2, 0.25) is 0 Å². The van der Waals surface area contributed by atoms with E-state index < -0.39 is 20.0 Å². The maximum Gasteiger partial charge on any atom is 0.472 e. The van der Waals surface area contributed by atoms with Crippen molar-refractivity contribution >= 4 is 13.7 Å². The summed E-state index contributed by atoms with van der Waals surface area (Å²) >= 11 is 0. The smallest absolute Gasteiger partial charge is 0.391 e. The van der Waals surface area contributed by atoms with Gasteiger partial charge < -0.3 is 19.8 Å². The van der Waals surface area contributed by atoms with E-state index in [1.807, 2.05) is 21.1 Å². The first-order valence-corrected chi connectivity index (χ1v) is 31.9. The zero-order valence-electron chi connectivity index (χ0n) is 48.4. The Morgan fingerprint density at radius 3 is 1.21 bits per heavy atom. The van der Waals surface area contributed by atoms with Crippen molar-refractivity contribution in [1.29, 1.82) is 0 Å². The fourth-order valence-electron chi connectivity index (χ4n) is 8.68. The third-order valence-corrected chi connectivity index (χ3v) is 14.4. The minimum absolute atomic E-state index is 0.0686. The van der Waals surface area contributed by atoms with Crippen molar-refractivity contribution in [1.82, 2.24) is 5.32 Å². The van der Waals surface area contributed by atoms with Crippen molar-refractivity contribution in [3.05, 3.63) is 85.1 Å². The number of likely N-dealkylation sites (N-methyl/N-ethyl adjacent to an activating group) is 1. The molecule has 3 atom stereocenters. The monoisotopic (exact) mass is 1040 g/mol. The molecule has 0 heterocycles. The number of carbonyl (C=O) groups excluding carboxylic acids is 1. The largest absolute Gasteiger partial charge is 0.472 e. The summed E-state index contributed by atoms with van der Waals surface area (Å²) in [5.74, 6) is -0.156. The fraction of sp³-hybridized carbons (Fsp3) is 0.766. The Labute approximate surface area is 452 Å². The van der Waals surface area contributed by atoms with Gasteiger partial charge in [0.05, 0.1) is 39.9 Å². The first kappa shape index (κ1) is 70.7. The SMILES string of the molecule is CC/C=C\C/C=C\C/C=C\C/C=C\C/C=C\C/C=C\C/C=C\CCCCCCCCCC(=O)NC(COP(=O)(O)OCC[N+](C)(C)C)C(O)CCCCCCCCCCCCCCCCCCCCCCCC. The number of quaternary nitrogens is 1. The molecule has 0 bridgehead atoms. The molecule has 0 radical (unpaired) electrons. The minimum Gasteiger partial charge on any atom is -0.391 e. The summed E-state index contributed by atoms with van der Waals surface area (Å²) in [6.07, 6.45) is 76.4. The number of aliphatic hydroxyl groups excluding tert-OH is 1. The summed E-state index contributed by atoms with van der Waals surface area (Å²) in [6.45, 7) is 4.78. The van der Waals surface area contributed by atoms with Crippen molar-refractivity contribution < 1.29 is 32.9 Å². The van der Waals surface area contributed by atoms with E-state index in [-0.39, 0.29) is 19.1 Å². The summed E-state index contributed by atoms with van der Waals surface area (Å²) < 4.78 is 23.8. The Balaban J connectivity index is 4.20. The van der Waals surface area contributed by atoms with Crippen LogP contribution in [-0.2, 0) is 18.4 Å². The molecule has 0 aromatic carbocycles. The lowest BCUT2D eigenvalue weighted by atomic mass is 10.0. The fourth-order valence-corrected chi connectivity index (χ4v) is 9.41. The molecular formula is C64H118N2O6P+. The molecule has 0 saturated carbocycles. The van der Waals surface area contributed by atoms with Gasteiger partial charge in [0, 0.05) is 6.42 Å². The molecule has 0 aromatic rings. The van der Waals surface area contributed by atoms with Crippen LogP contribution >= 0.6 is 7.82 Å². The highest BCUT2D eigenvalue weighted by Crippen LogP contribution is 2.43. The normalized spacial score (nSPS) is 14.5. The molecule has 0 spiro atoms. The Hall–Kier alpha value is -2.32. The average molecular weight is 1040 g/mol. The number of phosphoric ester groups is 1. The third-order valence-electron chi connectivity index (χ3n) is 13.4. The van der Waals surface area contributed by atoms with Gasteiger partial charge in [-0.1, -0.05) is 272 Å².